The highest BCUT2D eigenvalue weighted by Crippen LogP contribution is 2.24. The summed E-state index contributed by atoms with van der Waals surface area (Å²) in [4.78, 5) is 15.6. The minimum Gasteiger partial charge on any atom is -0.381 e. The van der Waals surface area contributed by atoms with E-state index in [0.717, 1.165) is 57.5 Å². The molecule has 1 N–H and O–H groups in total. The molecule has 25 heavy (non-hydrogen) atoms. The molecule has 6 heteroatoms. The Morgan fingerprint density at radius 1 is 1.36 bits per heavy atom. The number of rotatable bonds is 5. The molecule has 4 rings (SSSR count). The Kier molecular flexibility index (Phi) is 4.90. The van der Waals surface area contributed by atoms with Crippen LogP contribution >= 0.6 is 0 Å². The summed E-state index contributed by atoms with van der Waals surface area (Å²) in [5.41, 5.74) is 4.09. The number of aryl methyl sites for hydroxylation is 1. The number of anilines is 1. The van der Waals surface area contributed by atoms with Crippen molar-refractivity contribution >= 4 is 5.82 Å². The number of nitrogens with zero attached hydrogens (tertiary/aromatic N) is 4. The van der Waals surface area contributed by atoms with E-state index in [1.807, 2.05) is 25.4 Å². The highest BCUT2D eigenvalue weighted by molar-refractivity contribution is 5.39. The van der Waals surface area contributed by atoms with E-state index >= 15 is 0 Å². The SMILES string of the molecule is Cc1nccc(NCc2cncc3c2CCN(CC2CCOC2)C3)n1. The van der Waals surface area contributed by atoms with Crippen molar-refractivity contribution in [2.24, 2.45) is 5.92 Å². The molecule has 1 atom stereocenters. The van der Waals surface area contributed by atoms with Gasteiger partial charge in [-0.05, 0) is 48.4 Å². The van der Waals surface area contributed by atoms with E-state index in [2.05, 4.69) is 25.2 Å². The Morgan fingerprint density at radius 3 is 3.16 bits per heavy atom. The molecule has 2 aromatic rings. The second-order valence-electron chi connectivity index (χ2n) is 6.99. The van der Waals surface area contributed by atoms with Crippen LogP contribution < -0.4 is 5.32 Å². The molecule has 6 nitrogen and oxygen atoms in total. The van der Waals surface area contributed by atoms with Crippen molar-refractivity contribution < 1.29 is 4.74 Å². The molecule has 132 valence electrons. The molecule has 0 bridgehead atoms. The molecule has 0 saturated carbocycles. The van der Waals surface area contributed by atoms with E-state index in [0.29, 0.717) is 5.92 Å². The number of aromatic nitrogens is 3. The van der Waals surface area contributed by atoms with Crippen LogP contribution in [0.4, 0.5) is 5.82 Å². The van der Waals surface area contributed by atoms with Gasteiger partial charge in [-0.25, -0.2) is 9.97 Å². The fraction of sp³-hybridized carbons (Fsp3) is 0.526. The van der Waals surface area contributed by atoms with Crippen LogP contribution in [0.5, 0.6) is 0 Å². The first-order valence-electron chi connectivity index (χ1n) is 9.06. The molecular weight excluding hydrogens is 314 g/mol. The van der Waals surface area contributed by atoms with Crippen LogP contribution in [0.1, 0.15) is 28.9 Å². The van der Waals surface area contributed by atoms with Crippen LogP contribution in [0, 0.1) is 12.8 Å². The number of hydrogen-bond acceptors (Lipinski definition) is 6. The van der Waals surface area contributed by atoms with Crippen molar-refractivity contribution in [1.29, 1.82) is 0 Å². The van der Waals surface area contributed by atoms with Crippen molar-refractivity contribution in [3.05, 3.63) is 47.2 Å². The summed E-state index contributed by atoms with van der Waals surface area (Å²) < 4.78 is 5.51. The molecule has 2 aliphatic heterocycles. The molecule has 0 spiro atoms. The van der Waals surface area contributed by atoms with Gasteiger partial charge in [-0.1, -0.05) is 0 Å². The summed E-state index contributed by atoms with van der Waals surface area (Å²) in [6.45, 7) is 7.76. The van der Waals surface area contributed by atoms with E-state index in [1.54, 1.807) is 6.20 Å². The first-order valence-corrected chi connectivity index (χ1v) is 9.06. The zero-order valence-electron chi connectivity index (χ0n) is 14.7. The van der Waals surface area contributed by atoms with Gasteiger partial charge in [0.1, 0.15) is 11.6 Å². The van der Waals surface area contributed by atoms with E-state index in [9.17, 15) is 0 Å². The molecule has 1 fully saturated rings. The largest absolute Gasteiger partial charge is 0.381 e. The standard InChI is InChI=1S/C19H25N5O/c1-14-21-5-2-19(23-14)22-10-16-8-20-9-17-12-24(6-3-18(16)17)11-15-4-7-25-13-15/h2,5,8-9,15H,3-4,6-7,10-13H2,1H3,(H,21,22,23). The predicted octanol–water partition coefficient (Wildman–Crippen LogP) is 2.19. The summed E-state index contributed by atoms with van der Waals surface area (Å²) in [5, 5.41) is 3.40. The zero-order chi connectivity index (χ0) is 17.1. The normalized spacial score (nSPS) is 20.4. The van der Waals surface area contributed by atoms with Gasteiger partial charge in [0.05, 0.1) is 6.61 Å². The molecular formula is C19H25N5O. The highest BCUT2D eigenvalue weighted by Gasteiger charge is 2.23. The summed E-state index contributed by atoms with van der Waals surface area (Å²) in [6.07, 6.45) is 8.09. The van der Waals surface area contributed by atoms with Gasteiger partial charge in [0.15, 0.2) is 0 Å². The average molecular weight is 339 g/mol. The zero-order valence-corrected chi connectivity index (χ0v) is 14.7. The summed E-state index contributed by atoms with van der Waals surface area (Å²) in [5.74, 6) is 2.34. The molecule has 0 aromatic carbocycles. The lowest BCUT2D eigenvalue weighted by Gasteiger charge is -2.31. The quantitative estimate of drug-likeness (QED) is 0.901. The molecule has 0 radical (unpaired) electrons. The Hall–Kier alpha value is -2.05. The smallest absolute Gasteiger partial charge is 0.129 e. The summed E-state index contributed by atoms with van der Waals surface area (Å²) in [7, 11) is 0. The number of nitrogens with one attached hydrogen (secondary N) is 1. The van der Waals surface area contributed by atoms with Crippen LogP contribution in [-0.4, -0.2) is 46.2 Å². The number of ether oxygens (including phenoxy) is 1. The van der Waals surface area contributed by atoms with E-state index in [1.165, 1.54) is 23.1 Å². The Bertz CT molecular complexity index is 730. The lowest BCUT2D eigenvalue weighted by Crippen LogP contribution is -2.35. The Balaban J connectivity index is 1.41. The summed E-state index contributed by atoms with van der Waals surface area (Å²) >= 11 is 0. The second kappa shape index (κ2) is 7.45. The molecule has 1 saturated heterocycles. The fourth-order valence-corrected chi connectivity index (χ4v) is 3.77. The number of pyridine rings is 1. The summed E-state index contributed by atoms with van der Waals surface area (Å²) in [6, 6.07) is 1.90. The van der Waals surface area contributed by atoms with Gasteiger partial charge >= 0.3 is 0 Å². The number of fused-ring (bicyclic) bond motifs is 1. The van der Waals surface area contributed by atoms with Gasteiger partial charge in [0.2, 0.25) is 0 Å². The van der Waals surface area contributed by atoms with Crippen LogP contribution in [0.25, 0.3) is 0 Å². The third-order valence-corrected chi connectivity index (χ3v) is 5.08. The van der Waals surface area contributed by atoms with E-state index in [-0.39, 0.29) is 0 Å². The fourth-order valence-electron chi connectivity index (χ4n) is 3.77. The predicted molar refractivity (Wildman–Crippen MR) is 96.2 cm³/mol. The highest BCUT2D eigenvalue weighted by atomic mass is 16.5. The molecule has 4 heterocycles. The van der Waals surface area contributed by atoms with Crippen molar-refractivity contribution in [2.45, 2.75) is 32.9 Å². The maximum absolute atomic E-state index is 5.51. The van der Waals surface area contributed by atoms with Gasteiger partial charge in [0.25, 0.3) is 0 Å². The third kappa shape index (κ3) is 3.96. The lowest BCUT2D eigenvalue weighted by atomic mass is 9.96. The van der Waals surface area contributed by atoms with Crippen molar-refractivity contribution in [2.75, 3.05) is 31.6 Å². The third-order valence-electron chi connectivity index (χ3n) is 5.08. The Morgan fingerprint density at radius 2 is 2.32 bits per heavy atom. The topological polar surface area (TPSA) is 63.2 Å². The van der Waals surface area contributed by atoms with Gasteiger partial charge < -0.3 is 10.1 Å². The molecule has 2 aromatic heterocycles. The van der Waals surface area contributed by atoms with E-state index < -0.39 is 0 Å². The second-order valence-corrected chi connectivity index (χ2v) is 6.99. The molecule has 1 unspecified atom stereocenters. The van der Waals surface area contributed by atoms with Crippen molar-refractivity contribution in [1.82, 2.24) is 19.9 Å². The maximum atomic E-state index is 5.51. The lowest BCUT2D eigenvalue weighted by molar-refractivity contribution is 0.162. The van der Waals surface area contributed by atoms with Crippen molar-refractivity contribution in [3.63, 3.8) is 0 Å². The number of hydrogen-bond donors (Lipinski definition) is 1. The molecule has 2 aliphatic rings. The van der Waals surface area contributed by atoms with Gasteiger partial charge in [-0.2, -0.15) is 0 Å². The van der Waals surface area contributed by atoms with Crippen LogP contribution in [0.3, 0.4) is 0 Å². The molecule has 0 aliphatic carbocycles. The first kappa shape index (κ1) is 16.4. The van der Waals surface area contributed by atoms with Crippen LogP contribution in [0.2, 0.25) is 0 Å². The molecule has 0 amide bonds. The van der Waals surface area contributed by atoms with Gasteiger partial charge in [0, 0.05) is 51.4 Å². The average Bonchev–Trinajstić information content (AvgIpc) is 3.13. The van der Waals surface area contributed by atoms with Crippen LogP contribution in [0.15, 0.2) is 24.7 Å². The van der Waals surface area contributed by atoms with Crippen molar-refractivity contribution in [3.8, 4) is 0 Å². The van der Waals surface area contributed by atoms with Gasteiger partial charge in [-0.3, -0.25) is 9.88 Å². The van der Waals surface area contributed by atoms with E-state index in [4.69, 9.17) is 4.74 Å². The minimum absolute atomic E-state index is 0.695. The monoisotopic (exact) mass is 339 g/mol. The van der Waals surface area contributed by atoms with Gasteiger partial charge in [-0.15, -0.1) is 0 Å². The first-order chi connectivity index (χ1) is 12.3. The van der Waals surface area contributed by atoms with Crippen LogP contribution in [-0.2, 0) is 24.2 Å². The minimum atomic E-state index is 0.695. The maximum Gasteiger partial charge on any atom is 0.129 e. The Labute approximate surface area is 148 Å².